The molecule has 1 aromatic carbocycles. The molecule has 2 N–H and O–H groups in total. The van der Waals surface area contributed by atoms with E-state index in [2.05, 4.69) is 27.5 Å². The van der Waals surface area contributed by atoms with E-state index < -0.39 is 0 Å². The number of hydrogen-bond acceptors (Lipinski definition) is 5. The van der Waals surface area contributed by atoms with Crippen molar-refractivity contribution >= 4 is 34.0 Å². The molecule has 0 aliphatic heterocycles. The molecule has 0 bridgehead atoms. The number of aliphatic imine (C=N–C) groups is 1. The summed E-state index contributed by atoms with van der Waals surface area (Å²) in [5.41, 5.74) is 0.987. The molecular formula is C18H26ClN5OS. The predicted molar refractivity (Wildman–Crippen MR) is 111 cm³/mol. The van der Waals surface area contributed by atoms with Gasteiger partial charge in [-0.05, 0) is 18.6 Å². The number of guanidine groups is 1. The zero-order valence-corrected chi connectivity index (χ0v) is 17.2. The smallest absolute Gasteiger partial charge is 0.191 e. The van der Waals surface area contributed by atoms with Gasteiger partial charge >= 0.3 is 0 Å². The van der Waals surface area contributed by atoms with Crippen LogP contribution in [0.4, 0.5) is 5.13 Å². The Morgan fingerprint density at radius 3 is 2.73 bits per heavy atom. The number of rotatable bonds is 8. The molecule has 1 unspecified atom stereocenters. The summed E-state index contributed by atoms with van der Waals surface area (Å²) in [6.07, 6.45) is 0.848. The van der Waals surface area contributed by atoms with Crippen molar-refractivity contribution in [2.45, 2.75) is 26.0 Å². The third-order valence-corrected chi connectivity index (χ3v) is 5.03. The average Bonchev–Trinajstić information content (AvgIpc) is 3.11. The molecule has 1 atom stereocenters. The summed E-state index contributed by atoms with van der Waals surface area (Å²) in [5.74, 6) is 1.41. The van der Waals surface area contributed by atoms with Crippen LogP contribution in [0.15, 0.2) is 34.6 Å². The van der Waals surface area contributed by atoms with Crippen molar-refractivity contribution in [2.24, 2.45) is 4.99 Å². The first-order chi connectivity index (χ1) is 12.5. The lowest BCUT2D eigenvalue weighted by molar-refractivity contribution is 0.199. The molecule has 0 fully saturated rings. The second kappa shape index (κ2) is 10.2. The van der Waals surface area contributed by atoms with Gasteiger partial charge in [0.05, 0.1) is 23.8 Å². The van der Waals surface area contributed by atoms with Crippen molar-refractivity contribution in [3.63, 3.8) is 0 Å². The van der Waals surface area contributed by atoms with Crippen LogP contribution < -0.4 is 20.3 Å². The number of benzene rings is 1. The summed E-state index contributed by atoms with van der Waals surface area (Å²) in [6, 6.07) is 7.51. The molecule has 0 saturated carbocycles. The van der Waals surface area contributed by atoms with Crippen LogP contribution in [0.1, 0.15) is 19.0 Å². The lowest BCUT2D eigenvalue weighted by atomic mass is 10.2. The standard InChI is InChI=1S/C18H26ClN5OS/c1-5-14(25-16-9-7-6-8-15(16)19)11-22-17(20-2)21-10-13-12-26-18(23-13)24(3)4/h6-9,12,14H,5,10-11H2,1-4H3,(H2,20,21,22). The van der Waals surface area contributed by atoms with Crippen LogP contribution >= 0.6 is 22.9 Å². The predicted octanol–water partition coefficient (Wildman–Crippen LogP) is 3.39. The Balaban J connectivity index is 1.83. The van der Waals surface area contributed by atoms with Crippen LogP contribution in [0.3, 0.4) is 0 Å². The van der Waals surface area contributed by atoms with Crippen LogP contribution in [0.5, 0.6) is 5.75 Å². The Labute approximate surface area is 164 Å². The maximum absolute atomic E-state index is 6.17. The molecular weight excluding hydrogens is 370 g/mol. The minimum atomic E-state index is -0.00642. The maximum Gasteiger partial charge on any atom is 0.191 e. The van der Waals surface area contributed by atoms with E-state index in [1.54, 1.807) is 18.4 Å². The van der Waals surface area contributed by atoms with Gasteiger partial charge in [0, 0.05) is 26.5 Å². The Bertz CT molecular complexity index is 719. The van der Waals surface area contributed by atoms with Gasteiger partial charge in [-0.2, -0.15) is 0 Å². The number of hydrogen-bond donors (Lipinski definition) is 2. The largest absolute Gasteiger partial charge is 0.487 e. The number of aromatic nitrogens is 1. The molecule has 0 aliphatic carbocycles. The van der Waals surface area contributed by atoms with Gasteiger partial charge < -0.3 is 20.3 Å². The number of nitrogens with one attached hydrogen (secondary N) is 2. The van der Waals surface area contributed by atoms with E-state index in [9.17, 15) is 0 Å². The first-order valence-electron chi connectivity index (χ1n) is 8.50. The first-order valence-corrected chi connectivity index (χ1v) is 9.76. The van der Waals surface area contributed by atoms with Gasteiger partial charge in [-0.25, -0.2) is 4.98 Å². The number of halogens is 1. The van der Waals surface area contributed by atoms with Crippen molar-refractivity contribution < 1.29 is 4.74 Å². The number of para-hydroxylation sites is 1. The second-order valence-electron chi connectivity index (χ2n) is 5.90. The normalized spacial score (nSPS) is 12.6. The van der Waals surface area contributed by atoms with Gasteiger partial charge in [0.2, 0.25) is 0 Å². The van der Waals surface area contributed by atoms with Gasteiger partial charge in [0.1, 0.15) is 11.9 Å². The third-order valence-electron chi connectivity index (χ3n) is 3.67. The van der Waals surface area contributed by atoms with E-state index in [4.69, 9.17) is 16.3 Å². The van der Waals surface area contributed by atoms with Crippen molar-refractivity contribution in [2.75, 3.05) is 32.6 Å². The highest BCUT2D eigenvalue weighted by Crippen LogP contribution is 2.24. The quantitative estimate of drug-likeness (QED) is 0.530. The van der Waals surface area contributed by atoms with Gasteiger partial charge in [0.15, 0.2) is 11.1 Å². The molecule has 6 nitrogen and oxygen atoms in total. The van der Waals surface area contributed by atoms with Crippen molar-refractivity contribution in [3.05, 3.63) is 40.4 Å². The van der Waals surface area contributed by atoms with Crippen molar-refractivity contribution in [1.82, 2.24) is 15.6 Å². The molecule has 8 heteroatoms. The Morgan fingerprint density at radius 2 is 2.12 bits per heavy atom. The maximum atomic E-state index is 6.17. The van der Waals surface area contributed by atoms with E-state index in [-0.39, 0.29) is 6.10 Å². The zero-order chi connectivity index (χ0) is 18.9. The number of ether oxygens (including phenoxy) is 1. The molecule has 1 heterocycles. The van der Waals surface area contributed by atoms with Gasteiger partial charge in [0.25, 0.3) is 0 Å². The van der Waals surface area contributed by atoms with Crippen LogP contribution in [-0.4, -0.2) is 44.7 Å². The first kappa shape index (κ1) is 20.3. The summed E-state index contributed by atoms with van der Waals surface area (Å²) in [5, 5.41) is 10.2. The fraction of sp³-hybridized carbons (Fsp3) is 0.444. The van der Waals surface area contributed by atoms with Crippen molar-refractivity contribution in [1.29, 1.82) is 0 Å². The molecule has 1 aromatic heterocycles. The molecule has 2 rings (SSSR count). The van der Waals surface area contributed by atoms with Gasteiger partial charge in [-0.3, -0.25) is 4.99 Å². The molecule has 26 heavy (non-hydrogen) atoms. The van der Waals surface area contributed by atoms with Gasteiger partial charge in [-0.15, -0.1) is 11.3 Å². The molecule has 0 saturated heterocycles. The fourth-order valence-electron chi connectivity index (χ4n) is 2.18. The number of thiazole rings is 1. The molecule has 0 radical (unpaired) electrons. The third kappa shape index (κ3) is 6.07. The Hall–Kier alpha value is -1.99. The highest BCUT2D eigenvalue weighted by atomic mass is 35.5. The van der Waals surface area contributed by atoms with E-state index in [1.165, 1.54) is 0 Å². The topological polar surface area (TPSA) is 61.8 Å². The molecule has 0 aliphatic rings. The molecule has 0 amide bonds. The monoisotopic (exact) mass is 395 g/mol. The second-order valence-corrected chi connectivity index (χ2v) is 7.14. The van der Waals surface area contributed by atoms with Crippen LogP contribution in [0.25, 0.3) is 0 Å². The van der Waals surface area contributed by atoms with E-state index >= 15 is 0 Å². The minimum absolute atomic E-state index is 0.00642. The summed E-state index contributed by atoms with van der Waals surface area (Å²) in [4.78, 5) is 10.8. The summed E-state index contributed by atoms with van der Waals surface area (Å²) in [6.45, 7) is 3.32. The lowest BCUT2D eigenvalue weighted by Crippen LogP contribution is -2.42. The summed E-state index contributed by atoms with van der Waals surface area (Å²) in [7, 11) is 5.72. The Kier molecular flexibility index (Phi) is 8.00. The molecule has 2 aromatic rings. The summed E-state index contributed by atoms with van der Waals surface area (Å²) < 4.78 is 5.99. The highest BCUT2D eigenvalue weighted by Gasteiger charge is 2.11. The van der Waals surface area contributed by atoms with Crippen LogP contribution in [0, 0.1) is 0 Å². The highest BCUT2D eigenvalue weighted by molar-refractivity contribution is 7.13. The number of nitrogens with zero attached hydrogens (tertiary/aromatic N) is 3. The van der Waals surface area contributed by atoms with E-state index in [0.717, 1.165) is 17.2 Å². The molecule has 0 spiro atoms. The Morgan fingerprint density at radius 1 is 1.35 bits per heavy atom. The van der Waals surface area contributed by atoms with Crippen LogP contribution in [0.2, 0.25) is 5.02 Å². The number of anilines is 1. The minimum Gasteiger partial charge on any atom is -0.487 e. The lowest BCUT2D eigenvalue weighted by Gasteiger charge is -2.20. The zero-order valence-electron chi connectivity index (χ0n) is 15.6. The van der Waals surface area contributed by atoms with E-state index in [0.29, 0.717) is 29.8 Å². The van der Waals surface area contributed by atoms with Crippen LogP contribution in [-0.2, 0) is 6.54 Å². The molecule has 142 valence electrons. The summed E-state index contributed by atoms with van der Waals surface area (Å²) >= 11 is 7.79. The SMILES string of the molecule is CCC(CNC(=NC)NCc1csc(N(C)C)n1)Oc1ccccc1Cl. The van der Waals surface area contributed by atoms with Crippen molar-refractivity contribution in [3.8, 4) is 5.75 Å². The van der Waals surface area contributed by atoms with Gasteiger partial charge in [-0.1, -0.05) is 30.7 Å². The van der Waals surface area contributed by atoms with E-state index in [1.807, 2.05) is 48.6 Å². The fourth-order valence-corrected chi connectivity index (χ4v) is 3.12. The average molecular weight is 396 g/mol.